The van der Waals surface area contributed by atoms with Gasteiger partial charge in [-0.2, -0.15) is 10.2 Å². The number of aromatic nitrogens is 4. The summed E-state index contributed by atoms with van der Waals surface area (Å²) in [5.41, 5.74) is 3.15. The number of fused-ring (bicyclic) bond motifs is 1. The molecular weight excluding hydrogens is 393 g/mol. The summed E-state index contributed by atoms with van der Waals surface area (Å²) in [5.74, 6) is 0.178. The lowest BCUT2D eigenvalue weighted by atomic mass is 9.81. The fourth-order valence-electron chi connectivity index (χ4n) is 4.12. The third kappa shape index (κ3) is 3.17. The first-order valence-electron chi connectivity index (χ1n) is 9.66. The first-order valence-corrected chi connectivity index (χ1v) is 9.66. The molecule has 1 N–H and O–H groups in total. The predicted octanol–water partition coefficient (Wildman–Crippen LogP) is 3.63. The third-order valence-electron chi connectivity index (χ3n) is 5.62. The summed E-state index contributed by atoms with van der Waals surface area (Å²) < 4.78 is 26.9. The van der Waals surface area contributed by atoms with Crippen LogP contribution in [0.25, 0.3) is 11.4 Å². The number of aromatic amines is 1. The summed E-state index contributed by atoms with van der Waals surface area (Å²) in [6.45, 7) is 2.36. The van der Waals surface area contributed by atoms with E-state index in [9.17, 15) is 14.5 Å². The van der Waals surface area contributed by atoms with Crippen molar-refractivity contribution in [1.82, 2.24) is 20.0 Å². The van der Waals surface area contributed by atoms with Gasteiger partial charge in [-0.1, -0.05) is 0 Å². The van der Waals surface area contributed by atoms with E-state index in [0.717, 1.165) is 11.3 Å². The summed E-state index contributed by atoms with van der Waals surface area (Å²) in [6.07, 6.45) is 3.06. The standard InChI is InChI=1S/C20H22FN5O4/c1-4-25-20(16(10-22-25)26(27)28)19-13-6-5-11(7-15(13)23-24-19)14-8-12(29-2)9-17(30-3)18(14)21/h8-11H,4-7H2,1-3H3,(H,23,24). The van der Waals surface area contributed by atoms with E-state index < -0.39 is 10.7 Å². The Labute approximate surface area is 172 Å². The zero-order valence-corrected chi connectivity index (χ0v) is 16.9. The zero-order chi connectivity index (χ0) is 21.4. The lowest BCUT2D eigenvalue weighted by Gasteiger charge is -2.24. The Morgan fingerprint density at radius 2 is 2.17 bits per heavy atom. The average molecular weight is 415 g/mol. The molecule has 3 aromatic rings. The van der Waals surface area contributed by atoms with E-state index in [1.165, 1.54) is 26.5 Å². The molecular formula is C20H22FN5O4. The molecule has 0 saturated carbocycles. The highest BCUT2D eigenvalue weighted by Gasteiger charge is 2.32. The van der Waals surface area contributed by atoms with Crippen molar-refractivity contribution in [2.24, 2.45) is 0 Å². The molecule has 1 aliphatic rings. The van der Waals surface area contributed by atoms with Crippen LogP contribution in [0.15, 0.2) is 18.3 Å². The SMILES string of the molecule is CCn1ncc([N+](=O)[O-])c1-c1n[nH]c2c1CCC(c1cc(OC)cc(OC)c1F)C2. The molecule has 158 valence electrons. The van der Waals surface area contributed by atoms with Gasteiger partial charge in [0.25, 0.3) is 0 Å². The Kier molecular flexibility index (Phi) is 5.15. The van der Waals surface area contributed by atoms with E-state index >= 15 is 0 Å². The molecule has 2 aromatic heterocycles. The van der Waals surface area contributed by atoms with E-state index in [1.807, 2.05) is 6.92 Å². The van der Waals surface area contributed by atoms with Crippen LogP contribution in [0, 0.1) is 15.9 Å². The number of halogens is 1. The van der Waals surface area contributed by atoms with Crippen molar-refractivity contribution < 1.29 is 18.8 Å². The number of ether oxygens (including phenoxy) is 2. The summed E-state index contributed by atoms with van der Waals surface area (Å²) in [6, 6.07) is 3.22. The molecule has 2 heterocycles. The lowest BCUT2D eigenvalue weighted by Crippen LogP contribution is -2.15. The number of aryl methyl sites for hydroxylation is 1. The van der Waals surface area contributed by atoms with Gasteiger partial charge in [-0.15, -0.1) is 0 Å². The van der Waals surface area contributed by atoms with Crippen LogP contribution < -0.4 is 9.47 Å². The van der Waals surface area contributed by atoms with Gasteiger partial charge < -0.3 is 9.47 Å². The van der Waals surface area contributed by atoms with Gasteiger partial charge in [-0.05, 0) is 43.7 Å². The Balaban J connectivity index is 1.72. The van der Waals surface area contributed by atoms with Crippen LogP contribution >= 0.6 is 0 Å². The van der Waals surface area contributed by atoms with E-state index in [1.54, 1.807) is 10.7 Å². The quantitative estimate of drug-likeness (QED) is 0.486. The molecule has 0 spiro atoms. The monoisotopic (exact) mass is 415 g/mol. The second kappa shape index (κ2) is 7.77. The van der Waals surface area contributed by atoms with Gasteiger partial charge in [0.15, 0.2) is 17.3 Å². The summed E-state index contributed by atoms with van der Waals surface area (Å²) in [5, 5.41) is 23.0. The molecule has 1 atom stereocenters. The van der Waals surface area contributed by atoms with E-state index in [2.05, 4.69) is 15.3 Å². The Morgan fingerprint density at radius 3 is 2.83 bits per heavy atom. The van der Waals surface area contributed by atoms with Crippen molar-refractivity contribution >= 4 is 5.69 Å². The Bertz CT molecular complexity index is 1110. The van der Waals surface area contributed by atoms with Gasteiger partial charge >= 0.3 is 5.69 Å². The van der Waals surface area contributed by atoms with Gasteiger partial charge in [0.05, 0.1) is 19.1 Å². The molecule has 0 amide bonds. The number of nitrogens with zero attached hydrogens (tertiary/aromatic N) is 4. The summed E-state index contributed by atoms with van der Waals surface area (Å²) in [7, 11) is 2.95. The minimum atomic E-state index is -0.445. The summed E-state index contributed by atoms with van der Waals surface area (Å²) in [4.78, 5) is 11.0. The minimum Gasteiger partial charge on any atom is -0.497 e. The second-order valence-corrected chi connectivity index (χ2v) is 7.15. The predicted molar refractivity (Wildman–Crippen MR) is 106 cm³/mol. The van der Waals surface area contributed by atoms with Crippen LogP contribution in [0.1, 0.15) is 36.1 Å². The Hall–Kier alpha value is -3.43. The lowest BCUT2D eigenvalue weighted by molar-refractivity contribution is -0.384. The van der Waals surface area contributed by atoms with Crippen LogP contribution in [-0.4, -0.2) is 39.1 Å². The average Bonchev–Trinajstić information content (AvgIpc) is 3.36. The van der Waals surface area contributed by atoms with Crippen LogP contribution in [-0.2, 0) is 19.4 Å². The van der Waals surface area contributed by atoms with E-state index in [-0.39, 0.29) is 17.4 Å². The smallest absolute Gasteiger partial charge is 0.316 e. The molecule has 1 unspecified atom stereocenters. The Morgan fingerprint density at radius 1 is 1.37 bits per heavy atom. The van der Waals surface area contributed by atoms with E-state index in [4.69, 9.17) is 9.47 Å². The maximum absolute atomic E-state index is 14.9. The molecule has 0 aliphatic heterocycles. The molecule has 1 aromatic carbocycles. The normalized spacial score (nSPS) is 15.7. The molecule has 10 heteroatoms. The molecule has 1 aliphatic carbocycles. The topological polar surface area (TPSA) is 108 Å². The van der Waals surface area contributed by atoms with Crippen LogP contribution in [0.2, 0.25) is 0 Å². The maximum atomic E-state index is 14.9. The number of methoxy groups -OCH3 is 2. The minimum absolute atomic E-state index is 0.0724. The van der Waals surface area contributed by atoms with Gasteiger partial charge in [0.2, 0.25) is 0 Å². The number of H-pyrrole nitrogens is 1. The van der Waals surface area contributed by atoms with Crippen molar-refractivity contribution in [3.05, 3.63) is 51.1 Å². The number of nitro groups is 1. The van der Waals surface area contributed by atoms with Gasteiger partial charge in [0, 0.05) is 23.9 Å². The number of hydrogen-bond donors (Lipinski definition) is 1. The number of benzene rings is 1. The maximum Gasteiger partial charge on any atom is 0.316 e. The number of hydrogen-bond acceptors (Lipinski definition) is 6. The first-order chi connectivity index (χ1) is 14.5. The summed E-state index contributed by atoms with van der Waals surface area (Å²) >= 11 is 0. The highest BCUT2D eigenvalue weighted by molar-refractivity contribution is 5.70. The van der Waals surface area contributed by atoms with Crippen molar-refractivity contribution in [2.75, 3.05) is 14.2 Å². The molecule has 0 fully saturated rings. The molecule has 0 saturated heterocycles. The van der Waals surface area contributed by atoms with Crippen molar-refractivity contribution in [3.63, 3.8) is 0 Å². The van der Waals surface area contributed by atoms with Crippen LogP contribution in [0.5, 0.6) is 11.5 Å². The van der Waals surface area contributed by atoms with Crippen molar-refractivity contribution in [2.45, 2.75) is 38.6 Å². The van der Waals surface area contributed by atoms with Gasteiger partial charge in [-0.3, -0.25) is 19.9 Å². The molecule has 0 radical (unpaired) electrons. The zero-order valence-electron chi connectivity index (χ0n) is 16.9. The van der Waals surface area contributed by atoms with E-state index in [0.29, 0.717) is 48.5 Å². The molecule has 0 bridgehead atoms. The van der Waals surface area contributed by atoms with Gasteiger partial charge in [-0.25, -0.2) is 4.39 Å². The highest BCUT2D eigenvalue weighted by atomic mass is 19.1. The largest absolute Gasteiger partial charge is 0.497 e. The molecule has 30 heavy (non-hydrogen) atoms. The fourth-order valence-corrected chi connectivity index (χ4v) is 4.12. The van der Waals surface area contributed by atoms with Crippen LogP contribution in [0.4, 0.5) is 10.1 Å². The molecule has 9 nitrogen and oxygen atoms in total. The van der Waals surface area contributed by atoms with Crippen molar-refractivity contribution in [3.8, 4) is 22.9 Å². The first kappa shape index (κ1) is 19.9. The van der Waals surface area contributed by atoms with Crippen molar-refractivity contribution in [1.29, 1.82) is 0 Å². The second-order valence-electron chi connectivity index (χ2n) is 7.15. The highest BCUT2D eigenvalue weighted by Crippen LogP contribution is 2.41. The third-order valence-corrected chi connectivity index (χ3v) is 5.62. The number of nitrogens with one attached hydrogen (secondary N) is 1. The van der Waals surface area contributed by atoms with Gasteiger partial charge in [0.1, 0.15) is 17.6 Å². The fraction of sp³-hybridized carbons (Fsp3) is 0.400. The van der Waals surface area contributed by atoms with Crippen LogP contribution in [0.3, 0.4) is 0 Å². The molecule has 4 rings (SSSR count). The number of rotatable bonds is 6.